The molecule has 0 bridgehead atoms. The Morgan fingerprint density at radius 2 is 0.712 bits per heavy atom. The van der Waals surface area contributed by atoms with E-state index in [0.29, 0.717) is 66.7 Å². The largest absolute Gasteiger partial charge is 0.504 e. The fourth-order valence-electron chi connectivity index (χ4n) is 15.0. The number of esters is 8. The zero-order valence-electron chi connectivity index (χ0n) is 65.1. The van der Waals surface area contributed by atoms with E-state index in [2.05, 4.69) is 0 Å². The highest BCUT2D eigenvalue weighted by Gasteiger charge is 2.59. The van der Waals surface area contributed by atoms with Crippen LogP contribution in [0.1, 0.15) is 80.6 Å². The van der Waals surface area contributed by atoms with Gasteiger partial charge in [0.15, 0.2) is 144 Å². The van der Waals surface area contributed by atoms with Gasteiger partial charge in [-0.3, -0.25) is 9.59 Å². The molecular weight excluding hydrogens is 1780 g/mol. The van der Waals surface area contributed by atoms with Crippen LogP contribution in [0.2, 0.25) is 0 Å². The Hall–Kier alpha value is -18.4. The van der Waals surface area contributed by atoms with E-state index >= 15 is 24.0 Å². The number of phenols is 29. The van der Waals surface area contributed by atoms with E-state index in [-0.39, 0.29) is 12.1 Å². The van der Waals surface area contributed by atoms with Crippen molar-refractivity contribution in [1.29, 1.82) is 0 Å². The summed E-state index contributed by atoms with van der Waals surface area (Å²) in [5.74, 6) is -67.5. The van der Waals surface area contributed by atoms with E-state index in [1.165, 1.54) is 0 Å². The maximum Gasteiger partial charge on any atom is 0.344 e. The molecule has 10 aromatic carbocycles. The highest BCUT2D eigenvalue weighted by atomic mass is 17.2. The lowest BCUT2D eigenvalue weighted by Crippen LogP contribution is -2.61. The van der Waals surface area contributed by atoms with Crippen LogP contribution in [-0.2, 0) is 58.8 Å². The van der Waals surface area contributed by atoms with Crippen LogP contribution < -0.4 is 19.1 Å². The van der Waals surface area contributed by atoms with Crippen LogP contribution in [-0.4, -0.2) is 252 Å². The number of benzene rings is 10. The van der Waals surface area contributed by atoms with Crippen molar-refractivity contribution in [2.24, 2.45) is 11.8 Å². The average molecular weight is 1850 g/mol. The van der Waals surface area contributed by atoms with Crippen LogP contribution >= 0.6 is 0 Å². The molecule has 2 saturated heterocycles. The first-order valence-corrected chi connectivity index (χ1v) is 37.2. The lowest BCUT2D eigenvalue weighted by atomic mass is 9.80. The van der Waals surface area contributed by atoms with Gasteiger partial charge in [0, 0.05) is 53.3 Å². The third kappa shape index (κ3) is 15.1. The van der Waals surface area contributed by atoms with E-state index in [1.54, 1.807) is 0 Å². The summed E-state index contributed by atoms with van der Waals surface area (Å²) in [7, 11) is 0. The quantitative estimate of drug-likeness (QED) is 0.0281. The SMILES string of the molecule is O=C1CC2OC(OC(=O)c3cc(O)c(O)c(Oc4c(C(=O)OC5OC6CCOOc7cc(O)c(O)c(O)c7-c7c(cc(O)c(O)c7O)CC6C6OC(=O)c7cc(O)c(O)c(O)c7-c7c(cc(O)c(O)c7O)C(=O)OC56)cc(O)c(O)c4O)c3)C(OC(=O)c3cc(O)c(O)c(O)c3)C(OC(=O)c3cc(O)c(O)c(O)c3)C2C(=O)Oc2cc(O)c(O)c(O)c2-c2c(cc(O)c(O)c2O)O1. The van der Waals surface area contributed by atoms with Gasteiger partial charge in [0.05, 0.1) is 69.7 Å². The number of hydrogen-bond acceptors (Lipinski definition) is 50. The van der Waals surface area contributed by atoms with Gasteiger partial charge in [-0.2, -0.15) is 4.89 Å². The molecule has 0 spiro atoms. The predicted octanol–water partition coefficient (Wildman–Crippen LogP) is 5.03. The van der Waals surface area contributed by atoms with Crippen LogP contribution in [0.5, 0.6) is 195 Å². The second-order valence-corrected chi connectivity index (χ2v) is 29.3. The molecule has 0 aliphatic carbocycles. The van der Waals surface area contributed by atoms with Gasteiger partial charge in [-0.05, 0) is 66.6 Å². The van der Waals surface area contributed by atoms with Gasteiger partial charge in [0.1, 0.15) is 23.0 Å². The molecule has 29 N–H and O–H groups in total. The summed E-state index contributed by atoms with van der Waals surface area (Å²) in [6.45, 7) is -0.853. The van der Waals surface area contributed by atoms with E-state index in [9.17, 15) is 162 Å². The van der Waals surface area contributed by atoms with Crippen molar-refractivity contribution in [3.63, 3.8) is 0 Å². The van der Waals surface area contributed by atoms with Crippen molar-refractivity contribution in [1.82, 2.24) is 0 Å². The lowest BCUT2D eigenvalue weighted by Gasteiger charge is -2.45. The van der Waals surface area contributed by atoms with Crippen LogP contribution in [0.3, 0.4) is 0 Å². The van der Waals surface area contributed by atoms with Crippen molar-refractivity contribution in [2.45, 2.75) is 68.5 Å². The van der Waals surface area contributed by atoms with Gasteiger partial charge in [-0.25, -0.2) is 28.8 Å². The molecule has 50 heteroatoms. The third-order valence-corrected chi connectivity index (χ3v) is 21.3. The molecule has 15 rings (SSSR count). The fourth-order valence-corrected chi connectivity index (χ4v) is 15.0. The normalized spacial score (nSPS) is 19.8. The Balaban J connectivity index is 0.837. The Labute approximate surface area is 727 Å². The number of rotatable bonds is 10. The molecule has 50 nitrogen and oxygen atoms in total. The smallest absolute Gasteiger partial charge is 0.344 e. The van der Waals surface area contributed by atoms with Gasteiger partial charge < -0.3 is 205 Å². The van der Waals surface area contributed by atoms with Gasteiger partial charge in [-0.15, -0.1) is 0 Å². The molecule has 10 unspecified atom stereocenters. The van der Waals surface area contributed by atoms with Crippen molar-refractivity contribution >= 4 is 47.8 Å². The molecule has 10 atom stereocenters. The van der Waals surface area contributed by atoms with E-state index < -0.39 is 402 Å². The topological polar surface area (TPSA) is 843 Å². The van der Waals surface area contributed by atoms with Crippen LogP contribution in [0, 0.1) is 11.8 Å². The number of ether oxygens (including phenoxy) is 11. The first-order chi connectivity index (χ1) is 62.2. The molecule has 688 valence electrons. The van der Waals surface area contributed by atoms with Gasteiger partial charge in [0.2, 0.25) is 76.5 Å². The number of hydrogen-bond donors (Lipinski definition) is 29. The highest BCUT2D eigenvalue weighted by Crippen LogP contribution is 2.62. The van der Waals surface area contributed by atoms with E-state index in [4.69, 9.17) is 61.9 Å². The van der Waals surface area contributed by atoms with Gasteiger partial charge >= 0.3 is 47.8 Å². The number of phenolic OH excluding ortho intramolecular Hbond substituents is 29. The molecular formula is C82H60O50. The second-order valence-electron chi connectivity index (χ2n) is 29.3. The summed E-state index contributed by atoms with van der Waals surface area (Å²) < 4.78 is 64.2. The van der Waals surface area contributed by atoms with Crippen LogP contribution in [0.4, 0.5) is 0 Å². The van der Waals surface area contributed by atoms with Crippen molar-refractivity contribution in [3.05, 3.63) is 118 Å². The Morgan fingerprint density at radius 3 is 1.23 bits per heavy atom. The summed E-state index contributed by atoms with van der Waals surface area (Å²) in [6.07, 6.45) is -24.7. The molecule has 0 aromatic heterocycles. The van der Waals surface area contributed by atoms with Crippen molar-refractivity contribution in [2.75, 3.05) is 6.61 Å². The summed E-state index contributed by atoms with van der Waals surface area (Å²) in [6, 6.07) is 5.08. The number of carbonyl (C=O) groups is 8. The number of carbonyl (C=O) groups excluding carboxylic acids is 8. The van der Waals surface area contributed by atoms with Crippen molar-refractivity contribution < 1.29 is 248 Å². The Morgan fingerprint density at radius 1 is 0.326 bits per heavy atom. The van der Waals surface area contributed by atoms with Crippen LogP contribution in [0.25, 0.3) is 33.4 Å². The lowest BCUT2D eigenvalue weighted by molar-refractivity contribution is -0.276. The van der Waals surface area contributed by atoms with Gasteiger partial charge in [0.25, 0.3) is 0 Å². The molecule has 132 heavy (non-hydrogen) atoms. The molecule has 0 saturated carbocycles. The molecule has 5 aliphatic rings. The van der Waals surface area contributed by atoms with Crippen molar-refractivity contribution in [3.8, 4) is 229 Å². The van der Waals surface area contributed by atoms with E-state index in [1.807, 2.05) is 0 Å². The minimum atomic E-state index is -3.01. The Kier molecular flexibility index (Phi) is 22.0. The summed E-state index contributed by atoms with van der Waals surface area (Å²) in [5.41, 5.74) is -14.1. The third-order valence-electron chi connectivity index (χ3n) is 21.3. The highest BCUT2D eigenvalue weighted by molar-refractivity contribution is 6.09. The Bertz CT molecular complexity index is 6620. The minimum absolute atomic E-state index is 0.198. The zero-order chi connectivity index (χ0) is 95.7. The second kappa shape index (κ2) is 32.9. The molecule has 0 radical (unpaired) electrons. The van der Waals surface area contributed by atoms with Crippen LogP contribution in [0.15, 0.2) is 78.9 Å². The summed E-state index contributed by atoms with van der Waals surface area (Å²) >= 11 is 0. The first kappa shape index (κ1) is 88.5. The monoisotopic (exact) mass is 1840 g/mol. The number of aromatic hydroxyl groups is 29. The standard InChI is InChI=1S/C82H60O50/c83-26-5-19(6-27(84)52(26)96)74(113)127-71-51-41(17-44(95)121-39-14-35(92)58(102)65(109)48(39)49-40(123-80(51)119)15-36(93)59(103)66(49)110)125-82(73(71)128-75(114)20-7-28(85)53(97)29(86)8-20)130-76(115)21-9-30(87)54(98)43(10-21)122-69-25(13-34(91)61(105)68(69)112)79(118)131-81-72-70(126-77(116)23-11-32(89)56(100)63(107)46(23)47-24(78(117)129-72)12-33(90)57(101)64(47)108)22-3-18-4-31(88)55(99)62(106)45(18)50-42(16-37(94)60(104)67(50)111)132-120-2-1-38(22)124-81/h4-16,22,38,41,51,70-73,81-94,96-112H,1-3,17H2. The molecule has 0 amide bonds. The first-order valence-electron chi connectivity index (χ1n) is 37.2. The van der Waals surface area contributed by atoms with Gasteiger partial charge in [-0.1, -0.05) is 0 Å². The molecule has 10 aromatic rings. The molecule has 2 fully saturated rings. The predicted molar refractivity (Wildman–Crippen MR) is 412 cm³/mol. The fraction of sp³-hybridized carbons (Fsp3) is 0.171. The maximum atomic E-state index is 15.4. The summed E-state index contributed by atoms with van der Waals surface area (Å²) in [5, 5.41) is 319. The van der Waals surface area contributed by atoms with E-state index in [0.717, 1.165) is 0 Å². The zero-order valence-corrected chi connectivity index (χ0v) is 65.1. The number of fused-ring (bicyclic) bond motifs is 13. The average Bonchev–Trinajstić information content (AvgIpc) is 0.833. The maximum absolute atomic E-state index is 15.4. The molecule has 5 aliphatic heterocycles. The molecule has 5 heterocycles. The summed E-state index contributed by atoms with van der Waals surface area (Å²) in [4.78, 5) is 131. The minimum Gasteiger partial charge on any atom is -0.504 e.